The second-order valence-electron chi connectivity index (χ2n) is 4.65. The number of carbonyl (C=O) groups is 1. The quantitative estimate of drug-likeness (QED) is 0.634. The van der Waals surface area contributed by atoms with E-state index in [0.717, 1.165) is 17.4 Å². The molecule has 0 spiro atoms. The Labute approximate surface area is 130 Å². The van der Waals surface area contributed by atoms with Crippen molar-refractivity contribution in [3.63, 3.8) is 0 Å². The third-order valence-corrected chi connectivity index (χ3v) is 4.35. The number of hydrogen-bond donors (Lipinski definition) is 0. The average molecular weight is 318 g/mol. The van der Waals surface area contributed by atoms with E-state index in [1.54, 1.807) is 31.2 Å². The maximum atomic E-state index is 14.3. The number of rotatable bonds is 3. The normalized spacial score (nSPS) is 10.9. The molecular weight excluding hydrogens is 306 g/mol. The summed E-state index contributed by atoms with van der Waals surface area (Å²) in [6, 6.07) is 11.1. The monoisotopic (exact) mass is 318 g/mol. The third-order valence-electron chi connectivity index (χ3n) is 3.23. The molecule has 0 radical (unpaired) electrons. The Bertz CT molecular complexity index is 841. The van der Waals surface area contributed by atoms with E-state index < -0.39 is 17.6 Å². The molecule has 0 aliphatic carbocycles. The number of halogens is 2. The van der Waals surface area contributed by atoms with Crippen LogP contribution in [0.3, 0.4) is 0 Å². The van der Waals surface area contributed by atoms with Crippen LogP contribution in [0.15, 0.2) is 42.5 Å². The van der Waals surface area contributed by atoms with E-state index in [9.17, 15) is 13.6 Å². The van der Waals surface area contributed by atoms with Crippen LogP contribution in [0.5, 0.6) is 0 Å². The van der Waals surface area contributed by atoms with Crippen molar-refractivity contribution in [3.8, 4) is 11.1 Å². The lowest BCUT2D eigenvalue weighted by molar-refractivity contribution is 0.0533. The van der Waals surface area contributed by atoms with Crippen molar-refractivity contribution in [2.24, 2.45) is 0 Å². The SMILES string of the molecule is CCOC(=O)c1sc2cc(F)cc(F)c2c1-c1ccccc1. The van der Waals surface area contributed by atoms with Crippen molar-refractivity contribution in [2.75, 3.05) is 6.61 Å². The van der Waals surface area contributed by atoms with Gasteiger partial charge >= 0.3 is 5.97 Å². The molecule has 0 saturated carbocycles. The first kappa shape index (κ1) is 14.7. The highest BCUT2D eigenvalue weighted by atomic mass is 32.1. The Hall–Kier alpha value is -2.27. The molecule has 0 saturated heterocycles. The Kier molecular flexibility index (Phi) is 3.90. The standard InChI is InChI=1S/C17H12F2O2S/c1-2-21-17(20)16-14(10-6-4-3-5-7-10)15-12(19)8-11(18)9-13(15)22-16/h3-9H,2H2,1H3. The van der Waals surface area contributed by atoms with E-state index >= 15 is 0 Å². The molecule has 0 N–H and O–H groups in total. The summed E-state index contributed by atoms with van der Waals surface area (Å²) in [5.41, 5.74) is 1.15. The summed E-state index contributed by atoms with van der Waals surface area (Å²) in [4.78, 5) is 12.5. The fourth-order valence-corrected chi connectivity index (χ4v) is 3.53. The third kappa shape index (κ3) is 2.48. The smallest absolute Gasteiger partial charge is 0.348 e. The number of carbonyl (C=O) groups excluding carboxylic acids is 1. The van der Waals surface area contributed by atoms with Crippen LogP contribution < -0.4 is 0 Å². The van der Waals surface area contributed by atoms with E-state index in [1.165, 1.54) is 6.07 Å². The van der Waals surface area contributed by atoms with E-state index in [4.69, 9.17) is 4.74 Å². The second-order valence-corrected chi connectivity index (χ2v) is 5.71. The lowest BCUT2D eigenvalue weighted by Crippen LogP contribution is -2.03. The van der Waals surface area contributed by atoms with Crippen molar-refractivity contribution >= 4 is 27.4 Å². The Morgan fingerprint density at radius 2 is 1.91 bits per heavy atom. The Balaban J connectivity index is 2.35. The maximum Gasteiger partial charge on any atom is 0.348 e. The minimum atomic E-state index is -0.680. The summed E-state index contributed by atoms with van der Waals surface area (Å²) in [5.74, 6) is -1.87. The van der Waals surface area contributed by atoms with Gasteiger partial charge in [0.1, 0.15) is 16.5 Å². The molecule has 0 fully saturated rings. The summed E-state index contributed by atoms with van der Waals surface area (Å²) in [7, 11) is 0. The van der Waals surface area contributed by atoms with Crippen LogP contribution in [0.25, 0.3) is 21.2 Å². The highest BCUT2D eigenvalue weighted by Crippen LogP contribution is 2.40. The van der Waals surface area contributed by atoms with Gasteiger partial charge in [-0.1, -0.05) is 30.3 Å². The lowest BCUT2D eigenvalue weighted by atomic mass is 10.0. The van der Waals surface area contributed by atoms with Crippen LogP contribution in [0, 0.1) is 11.6 Å². The molecule has 3 rings (SSSR count). The fraction of sp³-hybridized carbons (Fsp3) is 0.118. The van der Waals surface area contributed by atoms with Crippen LogP contribution >= 0.6 is 11.3 Å². The van der Waals surface area contributed by atoms with Gasteiger partial charge in [0.05, 0.1) is 6.61 Å². The van der Waals surface area contributed by atoms with E-state index in [2.05, 4.69) is 0 Å². The average Bonchev–Trinajstić information content (AvgIpc) is 2.88. The van der Waals surface area contributed by atoms with Gasteiger partial charge < -0.3 is 4.74 Å². The topological polar surface area (TPSA) is 26.3 Å². The second kappa shape index (κ2) is 5.85. The minimum absolute atomic E-state index is 0.220. The van der Waals surface area contributed by atoms with Gasteiger partial charge in [-0.05, 0) is 18.6 Å². The summed E-state index contributed by atoms with van der Waals surface area (Å²) < 4.78 is 33.1. The van der Waals surface area contributed by atoms with Crippen molar-refractivity contribution < 1.29 is 18.3 Å². The predicted octanol–water partition coefficient (Wildman–Crippen LogP) is 5.02. The summed E-state index contributed by atoms with van der Waals surface area (Å²) >= 11 is 1.04. The molecule has 0 amide bonds. The van der Waals surface area contributed by atoms with Crippen molar-refractivity contribution in [1.29, 1.82) is 0 Å². The summed E-state index contributed by atoms with van der Waals surface area (Å²) in [5, 5.41) is 0.251. The first-order chi connectivity index (χ1) is 10.6. The molecule has 1 aromatic heterocycles. The molecular formula is C17H12F2O2S. The Morgan fingerprint density at radius 1 is 1.18 bits per heavy atom. The molecule has 0 aliphatic heterocycles. The number of thiophene rings is 1. The molecule has 22 heavy (non-hydrogen) atoms. The largest absolute Gasteiger partial charge is 0.462 e. The number of hydrogen-bond acceptors (Lipinski definition) is 3. The number of esters is 1. The van der Waals surface area contributed by atoms with Crippen molar-refractivity contribution in [3.05, 3.63) is 59.0 Å². The van der Waals surface area contributed by atoms with Crippen LogP contribution in [0.1, 0.15) is 16.6 Å². The van der Waals surface area contributed by atoms with E-state index in [0.29, 0.717) is 15.8 Å². The minimum Gasteiger partial charge on any atom is -0.462 e. The van der Waals surface area contributed by atoms with Gasteiger partial charge in [0.25, 0.3) is 0 Å². The molecule has 3 aromatic rings. The molecule has 2 aromatic carbocycles. The molecule has 1 heterocycles. The van der Waals surface area contributed by atoms with E-state index in [1.807, 2.05) is 6.07 Å². The van der Waals surface area contributed by atoms with Gasteiger partial charge in [-0.25, -0.2) is 13.6 Å². The van der Waals surface area contributed by atoms with Crippen LogP contribution in [0.4, 0.5) is 8.78 Å². The fourth-order valence-electron chi connectivity index (χ4n) is 2.37. The van der Waals surface area contributed by atoms with Gasteiger partial charge in [-0.2, -0.15) is 0 Å². The van der Waals surface area contributed by atoms with Gasteiger partial charge in [0.2, 0.25) is 0 Å². The highest BCUT2D eigenvalue weighted by molar-refractivity contribution is 7.21. The molecule has 0 aliphatic rings. The van der Waals surface area contributed by atoms with Crippen LogP contribution in [-0.4, -0.2) is 12.6 Å². The number of fused-ring (bicyclic) bond motifs is 1. The molecule has 0 bridgehead atoms. The molecule has 0 unspecified atom stereocenters. The van der Waals surface area contributed by atoms with Gasteiger partial charge in [-0.15, -0.1) is 11.3 Å². The highest BCUT2D eigenvalue weighted by Gasteiger charge is 2.23. The first-order valence-electron chi connectivity index (χ1n) is 6.76. The lowest BCUT2D eigenvalue weighted by Gasteiger charge is -2.05. The van der Waals surface area contributed by atoms with Gasteiger partial charge in [-0.3, -0.25) is 0 Å². The Morgan fingerprint density at radius 3 is 2.59 bits per heavy atom. The molecule has 5 heteroatoms. The summed E-state index contributed by atoms with van der Waals surface area (Å²) in [6.07, 6.45) is 0. The van der Waals surface area contributed by atoms with Crippen LogP contribution in [-0.2, 0) is 4.74 Å². The molecule has 112 valence electrons. The maximum absolute atomic E-state index is 14.3. The number of benzene rings is 2. The zero-order chi connectivity index (χ0) is 15.7. The van der Waals surface area contributed by atoms with Crippen LogP contribution in [0.2, 0.25) is 0 Å². The molecule has 0 atom stereocenters. The van der Waals surface area contributed by atoms with Gasteiger partial charge in [0.15, 0.2) is 0 Å². The van der Waals surface area contributed by atoms with Gasteiger partial charge in [0, 0.05) is 21.7 Å². The van der Waals surface area contributed by atoms with E-state index in [-0.39, 0.29) is 16.9 Å². The van der Waals surface area contributed by atoms with Crippen molar-refractivity contribution in [1.82, 2.24) is 0 Å². The zero-order valence-electron chi connectivity index (χ0n) is 11.7. The van der Waals surface area contributed by atoms with Crippen molar-refractivity contribution in [2.45, 2.75) is 6.92 Å². The summed E-state index contributed by atoms with van der Waals surface area (Å²) in [6.45, 7) is 1.92. The zero-order valence-corrected chi connectivity index (χ0v) is 12.5. The predicted molar refractivity (Wildman–Crippen MR) is 83.1 cm³/mol. The molecule has 2 nitrogen and oxygen atoms in total. The number of ether oxygens (including phenoxy) is 1. The first-order valence-corrected chi connectivity index (χ1v) is 7.57.